The van der Waals surface area contributed by atoms with Gasteiger partial charge in [-0.1, -0.05) is 60.8 Å². The molecule has 0 aliphatic carbocycles. The van der Waals surface area contributed by atoms with Gasteiger partial charge in [0.1, 0.15) is 0 Å². The Labute approximate surface area is 207 Å². The van der Waals surface area contributed by atoms with Crippen molar-refractivity contribution < 1.29 is 4.79 Å². The lowest BCUT2D eigenvalue weighted by molar-refractivity contribution is 0.101. The molecular formula is C27H33Cl2N3O. The van der Waals surface area contributed by atoms with E-state index in [1.54, 1.807) is 6.92 Å². The molecule has 3 aromatic rings. The minimum atomic E-state index is 0.143. The average Bonchev–Trinajstić information content (AvgIpc) is 3.17. The van der Waals surface area contributed by atoms with Crippen molar-refractivity contribution in [2.75, 3.05) is 32.7 Å². The highest BCUT2D eigenvalue weighted by Crippen LogP contribution is 2.27. The number of hydrogen-bond acceptors (Lipinski definition) is 3. The molecule has 1 aliphatic heterocycles. The molecular weight excluding hydrogens is 453 g/mol. The van der Waals surface area contributed by atoms with Crippen LogP contribution in [0.3, 0.4) is 0 Å². The first-order chi connectivity index (χ1) is 16.0. The fourth-order valence-electron chi connectivity index (χ4n) is 4.89. The van der Waals surface area contributed by atoms with Crippen molar-refractivity contribution in [3.8, 4) is 0 Å². The SMILES string of the molecule is CCCc1cccc2c(C(C)=O)cn(CCCN3CCN(Cc4ccc(Cl)cc4Cl)CC3)c12. The third-order valence-corrected chi connectivity index (χ3v) is 7.21. The molecule has 0 spiro atoms. The summed E-state index contributed by atoms with van der Waals surface area (Å²) in [5, 5.41) is 2.53. The molecule has 1 fully saturated rings. The molecule has 0 bridgehead atoms. The summed E-state index contributed by atoms with van der Waals surface area (Å²) < 4.78 is 2.32. The number of benzene rings is 2. The minimum Gasteiger partial charge on any atom is -0.346 e. The Kier molecular flexibility index (Phi) is 8.13. The predicted octanol–water partition coefficient (Wildman–Crippen LogP) is 6.31. The molecule has 0 atom stereocenters. The van der Waals surface area contributed by atoms with Gasteiger partial charge in [-0.05, 0) is 49.6 Å². The summed E-state index contributed by atoms with van der Waals surface area (Å²) in [6.45, 7) is 11.0. The van der Waals surface area contributed by atoms with Crippen LogP contribution in [-0.4, -0.2) is 52.9 Å². The first kappa shape index (κ1) is 24.3. The number of piperazine rings is 1. The molecule has 0 saturated carbocycles. The molecule has 1 saturated heterocycles. The molecule has 2 aromatic carbocycles. The number of aryl methyl sites for hydroxylation is 2. The summed E-state index contributed by atoms with van der Waals surface area (Å²) in [5.74, 6) is 0.143. The zero-order chi connectivity index (χ0) is 23.4. The molecule has 0 amide bonds. The molecule has 1 aromatic heterocycles. The van der Waals surface area contributed by atoms with Crippen molar-refractivity contribution in [2.24, 2.45) is 0 Å². The zero-order valence-electron chi connectivity index (χ0n) is 19.6. The van der Waals surface area contributed by atoms with E-state index in [1.807, 2.05) is 18.2 Å². The van der Waals surface area contributed by atoms with Gasteiger partial charge in [-0.3, -0.25) is 9.69 Å². The number of carbonyl (C=O) groups is 1. The summed E-state index contributed by atoms with van der Waals surface area (Å²) in [6, 6.07) is 12.1. The van der Waals surface area contributed by atoms with E-state index in [9.17, 15) is 4.79 Å². The lowest BCUT2D eigenvalue weighted by atomic mass is 10.0. The van der Waals surface area contributed by atoms with Gasteiger partial charge < -0.3 is 9.47 Å². The maximum atomic E-state index is 12.2. The summed E-state index contributed by atoms with van der Waals surface area (Å²) in [4.78, 5) is 17.2. The lowest BCUT2D eigenvalue weighted by Gasteiger charge is -2.35. The van der Waals surface area contributed by atoms with Crippen LogP contribution in [0.1, 0.15) is 48.2 Å². The minimum absolute atomic E-state index is 0.143. The van der Waals surface area contributed by atoms with E-state index in [-0.39, 0.29) is 5.78 Å². The van der Waals surface area contributed by atoms with Crippen molar-refractivity contribution in [1.82, 2.24) is 14.4 Å². The number of Topliss-reactive ketones (excluding diaryl/α,β-unsaturated/α-hetero) is 1. The normalized spacial score (nSPS) is 15.4. The van der Waals surface area contributed by atoms with Crippen molar-refractivity contribution in [3.05, 3.63) is 69.3 Å². The van der Waals surface area contributed by atoms with Gasteiger partial charge in [-0.15, -0.1) is 0 Å². The van der Waals surface area contributed by atoms with Crippen molar-refractivity contribution in [3.63, 3.8) is 0 Å². The topological polar surface area (TPSA) is 28.5 Å². The second-order valence-electron chi connectivity index (χ2n) is 9.06. The Morgan fingerprint density at radius 1 is 0.970 bits per heavy atom. The van der Waals surface area contributed by atoms with Gasteiger partial charge >= 0.3 is 0 Å². The molecule has 6 heteroatoms. The third-order valence-electron chi connectivity index (χ3n) is 6.63. The van der Waals surface area contributed by atoms with Crippen LogP contribution in [0.5, 0.6) is 0 Å². The van der Waals surface area contributed by atoms with Gasteiger partial charge in [0, 0.05) is 66.5 Å². The Balaban J connectivity index is 1.33. The monoisotopic (exact) mass is 485 g/mol. The van der Waals surface area contributed by atoms with Gasteiger partial charge in [0.25, 0.3) is 0 Å². The van der Waals surface area contributed by atoms with Crippen molar-refractivity contribution in [1.29, 1.82) is 0 Å². The van der Waals surface area contributed by atoms with Crippen LogP contribution in [0.2, 0.25) is 10.0 Å². The van der Waals surface area contributed by atoms with E-state index in [2.05, 4.69) is 45.7 Å². The predicted molar refractivity (Wildman–Crippen MR) is 139 cm³/mol. The fraction of sp³-hybridized carbons (Fsp3) is 0.444. The molecule has 4 rings (SSSR count). The molecule has 4 nitrogen and oxygen atoms in total. The van der Waals surface area contributed by atoms with E-state index >= 15 is 0 Å². The van der Waals surface area contributed by atoms with Crippen LogP contribution >= 0.6 is 23.2 Å². The number of fused-ring (bicyclic) bond motifs is 1. The largest absolute Gasteiger partial charge is 0.346 e. The second kappa shape index (κ2) is 11.1. The van der Waals surface area contributed by atoms with E-state index in [0.29, 0.717) is 5.02 Å². The summed E-state index contributed by atoms with van der Waals surface area (Å²) in [7, 11) is 0. The van der Waals surface area contributed by atoms with E-state index in [4.69, 9.17) is 23.2 Å². The Bertz CT molecular complexity index is 1120. The summed E-state index contributed by atoms with van der Waals surface area (Å²) in [5.41, 5.74) is 4.57. The smallest absolute Gasteiger partial charge is 0.161 e. The number of ketones is 1. The molecule has 176 valence electrons. The van der Waals surface area contributed by atoms with Gasteiger partial charge in [0.15, 0.2) is 5.78 Å². The molecule has 0 N–H and O–H groups in total. The van der Waals surface area contributed by atoms with Crippen LogP contribution in [-0.2, 0) is 19.5 Å². The number of rotatable bonds is 9. The van der Waals surface area contributed by atoms with E-state index in [1.165, 1.54) is 11.1 Å². The van der Waals surface area contributed by atoms with Crippen LogP contribution in [0.4, 0.5) is 0 Å². The highest BCUT2D eigenvalue weighted by atomic mass is 35.5. The Hall–Kier alpha value is -1.85. The number of hydrogen-bond donors (Lipinski definition) is 0. The van der Waals surface area contributed by atoms with Gasteiger partial charge in [0.2, 0.25) is 0 Å². The lowest BCUT2D eigenvalue weighted by Crippen LogP contribution is -2.46. The van der Waals surface area contributed by atoms with Crippen molar-refractivity contribution in [2.45, 2.75) is 46.2 Å². The van der Waals surface area contributed by atoms with Crippen molar-refractivity contribution >= 4 is 39.9 Å². The highest BCUT2D eigenvalue weighted by molar-refractivity contribution is 6.35. The average molecular weight is 486 g/mol. The molecule has 1 aliphatic rings. The number of halogens is 2. The summed E-state index contributed by atoms with van der Waals surface area (Å²) in [6.07, 6.45) is 5.29. The quantitative estimate of drug-likeness (QED) is 0.332. The number of carbonyl (C=O) groups excluding carboxylic acids is 1. The number of para-hydroxylation sites is 1. The van der Waals surface area contributed by atoms with Crippen LogP contribution in [0.15, 0.2) is 42.6 Å². The number of nitrogens with zero attached hydrogens (tertiary/aromatic N) is 3. The van der Waals surface area contributed by atoms with Crippen LogP contribution < -0.4 is 0 Å². The first-order valence-corrected chi connectivity index (χ1v) is 12.7. The number of aromatic nitrogens is 1. The van der Waals surface area contributed by atoms with Gasteiger partial charge in [-0.25, -0.2) is 0 Å². The zero-order valence-corrected chi connectivity index (χ0v) is 21.1. The Morgan fingerprint density at radius 2 is 1.73 bits per heavy atom. The van der Waals surface area contributed by atoms with Gasteiger partial charge in [-0.2, -0.15) is 0 Å². The first-order valence-electron chi connectivity index (χ1n) is 12.0. The standard InChI is InChI=1S/C27H33Cl2N3O/c1-3-6-21-7-4-8-24-25(20(2)33)19-32(27(21)24)12-5-11-30-13-15-31(16-14-30)18-22-9-10-23(28)17-26(22)29/h4,7-10,17,19H,3,5-6,11-16,18H2,1-2H3. The molecule has 33 heavy (non-hydrogen) atoms. The van der Waals surface area contributed by atoms with Gasteiger partial charge in [0.05, 0.1) is 5.52 Å². The van der Waals surface area contributed by atoms with E-state index in [0.717, 1.165) is 86.6 Å². The maximum Gasteiger partial charge on any atom is 0.161 e. The summed E-state index contributed by atoms with van der Waals surface area (Å²) >= 11 is 12.4. The molecule has 0 unspecified atom stereocenters. The molecule has 0 radical (unpaired) electrons. The maximum absolute atomic E-state index is 12.2. The van der Waals surface area contributed by atoms with Crippen LogP contribution in [0, 0.1) is 0 Å². The molecule has 2 heterocycles. The fourth-order valence-corrected chi connectivity index (χ4v) is 5.36. The Morgan fingerprint density at radius 3 is 2.42 bits per heavy atom. The highest BCUT2D eigenvalue weighted by Gasteiger charge is 2.19. The third kappa shape index (κ3) is 5.81. The van der Waals surface area contributed by atoms with E-state index < -0.39 is 0 Å². The second-order valence-corrected chi connectivity index (χ2v) is 9.91. The van der Waals surface area contributed by atoms with Crippen LogP contribution in [0.25, 0.3) is 10.9 Å².